The molecule has 1 atom stereocenters. The average molecular weight is 299 g/mol. The topological polar surface area (TPSA) is 68.5 Å². The molecule has 1 unspecified atom stereocenters. The summed E-state index contributed by atoms with van der Waals surface area (Å²) in [6.07, 6.45) is 1.66. The molecule has 2 aromatic rings. The fourth-order valence-corrected chi connectivity index (χ4v) is 2.80. The zero-order valence-corrected chi connectivity index (χ0v) is 12.3. The molecule has 1 heterocycles. The number of hydrogen-bond acceptors (Lipinski definition) is 4. The van der Waals surface area contributed by atoms with E-state index in [9.17, 15) is 9.59 Å². The smallest absolute Gasteiger partial charge is 0.336 e. The quantitative estimate of drug-likeness (QED) is 0.941. The van der Waals surface area contributed by atoms with Gasteiger partial charge in [0.2, 0.25) is 0 Å². The third kappa shape index (κ3) is 2.74. The molecule has 0 spiro atoms. The molecule has 1 aromatic heterocycles. The first-order valence-electron chi connectivity index (χ1n) is 7.34. The number of rotatable bonds is 4. The highest BCUT2D eigenvalue weighted by Gasteiger charge is 2.27. The number of fused-ring (bicyclic) bond motifs is 1. The van der Waals surface area contributed by atoms with Crippen molar-refractivity contribution in [2.75, 3.05) is 6.61 Å². The third-order valence-electron chi connectivity index (χ3n) is 3.75. The summed E-state index contributed by atoms with van der Waals surface area (Å²) >= 11 is 0. The molecular weight excluding hydrogens is 282 g/mol. The maximum absolute atomic E-state index is 12.2. The van der Waals surface area contributed by atoms with Gasteiger partial charge in [0, 0.05) is 6.07 Å². The first-order chi connectivity index (χ1) is 10.7. The van der Waals surface area contributed by atoms with Crippen molar-refractivity contribution in [3.63, 3.8) is 0 Å². The monoisotopic (exact) mass is 299 g/mol. The number of carbonyl (C=O) groups excluding carboxylic acids is 1. The van der Waals surface area contributed by atoms with Gasteiger partial charge < -0.3 is 14.5 Å². The Kier molecular flexibility index (Phi) is 3.96. The molecule has 1 aliphatic rings. The van der Waals surface area contributed by atoms with Gasteiger partial charge in [-0.15, -0.1) is 0 Å². The summed E-state index contributed by atoms with van der Waals surface area (Å²) in [5.41, 5.74) is 1.68. The van der Waals surface area contributed by atoms with Crippen molar-refractivity contribution < 1.29 is 13.9 Å². The van der Waals surface area contributed by atoms with E-state index in [1.54, 1.807) is 0 Å². The summed E-state index contributed by atoms with van der Waals surface area (Å²) in [5.74, 6) is 0.530. The van der Waals surface area contributed by atoms with Gasteiger partial charge in [-0.25, -0.2) is 4.79 Å². The Hall–Kier alpha value is -2.56. The van der Waals surface area contributed by atoms with Crippen molar-refractivity contribution in [1.82, 2.24) is 5.32 Å². The van der Waals surface area contributed by atoms with Crippen LogP contribution in [0.3, 0.4) is 0 Å². The summed E-state index contributed by atoms with van der Waals surface area (Å²) in [6.45, 7) is 2.56. The second-order valence-corrected chi connectivity index (χ2v) is 5.13. The van der Waals surface area contributed by atoms with Crippen LogP contribution in [0.2, 0.25) is 0 Å². The average Bonchev–Trinajstić information content (AvgIpc) is 2.92. The lowest BCUT2D eigenvalue weighted by Crippen LogP contribution is -2.27. The van der Waals surface area contributed by atoms with E-state index in [2.05, 4.69) is 5.32 Å². The molecule has 0 aliphatic heterocycles. The molecule has 1 amide bonds. The van der Waals surface area contributed by atoms with Crippen LogP contribution in [0.1, 0.15) is 41.1 Å². The van der Waals surface area contributed by atoms with Gasteiger partial charge in [-0.1, -0.05) is 18.2 Å². The van der Waals surface area contributed by atoms with Crippen molar-refractivity contribution in [3.8, 4) is 5.75 Å². The van der Waals surface area contributed by atoms with Crippen LogP contribution in [0, 0.1) is 0 Å². The first kappa shape index (κ1) is 14.4. The van der Waals surface area contributed by atoms with Crippen molar-refractivity contribution >= 4 is 5.91 Å². The molecule has 0 radical (unpaired) electrons. The molecule has 0 fully saturated rings. The van der Waals surface area contributed by atoms with Gasteiger partial charge >= 0.3 is 5.63 Å². The first-order valence-corrected chi connectivity index (χ1v) is 7.34. The lowest BCUT2D eigenvalue weighted by molar-refractivity contribution is 0.0904. The Morgan fingerprint density at radius 3 is 2.91 bits per heavy atom. The van der Waals surface area contributed by atoms with Gasteiger partial charge in [-0.3, -0.25) is 4.79 Å². The minimum absolute atomic E-state index is 0.0295. The summed E-state index contributed by atoms with van der Waals surface area (Å²) in [4.78, 5) is 23.4. The Balaban J connectivity index is 1.81. The van der Waals surface area contributed by atoms with Crippen molar-refractivity contribution in [1.29, 1.82) is 0 Å². The van der Waals surface area contributed by atoms with E-state index in [1.807, 2.05) is 25.1 Å². The molecule has 0 saturated heterocycles. The highest BCUT2D eigenvalue weighted by Crippen LogP contribution is 2.37. The van der Waals surface area contributed by atoms with Crippen LogP contribution < -0.4 is 15.7 Å². The van der Waals surface area contributed by atoms with Gasteiger partial charge in [0.25, 0.3) is 5.91 Å². The largest absolute Gasteiger partial charge is 0.494 e. The lowest BCUT2D eigenvalue weighted by Gasteiger charge is -2.14. The van der Waals surface area contributed by atoms with E-state index in [-0.39, 0.29) is 17.7 Å². The predicted octanol–water partition coefficient (Wildman–Crippen LogP) is 2.46. The highest BCUT2D eigenvalue weighted by atomic mass is 16.5. The predicted molar refractivity (Wildman–Crippen MR) is 81.1 cm³/mol. The lowest BCUT2D eigenvalue weighted by atomic mass is 10.1. The number of amides is 1. The second-order valence-electron chi connectivity index (χ2n) is 5.13. The van der Waals surface area contributed by atoms with Crippen LogP contribution in [0.4, 0.5) is 0 Å². The third-order valence-corrected chi connectivity index (χ3v) is 3.75. The summed E-state index contributed by atoms with van der Waals surface area (Å²) in [5, 5.41) is 2.92. The van der Waals surface area contributed by atoms with Gasteiger partial charge in [0.15, 0.2) is 5.76 Å². The van der Waals surface area contributed by atoms with E-state index < -0.39 is 5.63 Å². The zero-order valence-electron chi connectivity index (χ0n) is 12.3. The van der Waals surface area contributed by atoms with E-state index in [0.717, 1.165) is 29.7 Å². The van der Waals surface area contributed by atoms with Crippen LogP contribution in [0.15, 0.2) is 45.6 Å². The molecule has 1 aliphatic carbocycles. The number of benzene rings is 1. The molecule has 22 heavy (non-hydrogen) atoms. The van der Waals surface area contributed by atoms with Crippen LogP contribution >= 0.6 is 0 Å². The standard InChI is InChI=1S/C17H17NO4/c1-2-21-14-6-3-5-11-12(14)9-10-13(11)18-17(20)15-7-4-8-16(19)22-15/h3-8,13H,2,9-10H2,1H3,(H,18,20). The van der Waals surface area contributed by atoms with E-state index in [1.165, 1.54) is 18.2 Å². The molecule has 114 valence electrons. The molecular formula is C17H17NO4. The number of hydrogen-bond donors (Lipinski definition) is 1. The maximum atomic E-state index is 12.2. The normalized spacial score (nSPS) is 16.1. The minimum Gasteiger partial charge on any atom is -0.494 e. The Morgan fingerprint density at radius 1 is 1.32 bits per heavy atom. The van der Waals surface area contributed by atoms with Crippen molar-refractivity contribution in [2.45, 2.75) is 25.8 Å². The molecule has 5 nitrogen and oxygen atoms in total. The fourth-order valence-electron chi connectivity index (χ4n) is 2.80. The van der Waals surface area contributed by atoms with Crippen molar-refractivity contribution in [2.24, 2.45) is 0 Å². The van der Waals surface area contributed by atoms with E-state index in [0.29, 0.717) is 6.61 Å². The maximum Gasteiger partial charge on any atom is 0.336 e. The molecule has 5 heteroatoms. The van der Waals surface area contributed by atoms with Gasteiger partial charge in [-0.05, 0) is 43.0 Å². The molecule has 1 N–H and O–H groups in total. The van der Waals surface area contributed by atoms with Gasteiger partial charge in [-0.2, -0.15) is 0 Å². The van der Waals surface area contributed by atoms with E-state index in [4.69, 9.17) is 9.15 Å². The van der Waals surface area contributed by atoms with Gasteiger partial charge in [0.05, 0.1) is 12.6 Å². The number of carbonyl (C=O) groups is 1. The van der Waals surface area contributed by atoms with Crippen LogP contribution in [0.25, 0.3) is 0 Å². The molecule has 1 aromatic carbocycles. The summed E-state index contributed by atoms with van der Waals surface area (Å²) in [7, 11) is 0. The van der Waals surface area contributed by atoms with E-state index >= 15 is 0 Å². The second kappa shape index (κ2) is 6.05. The Labute approximate surface area is 127 Å². The fraction of sp³-hybridized carbons (Fsp3) is 0.294. The van der Waals surface area contributed by atoms with Crippen LogP contribution in [-0.4, -0.2) is 12.5 Å². The number of ether oxygens (including phenoxy) is 1. The molecule has 0 saturated carbocycles. The molecule has 0 bridgehead atoms. The minimum atomic E-state index is -0.530. The van der Waals surface area contributed by atoms with Crippen LogP contribution in [-0.2, 0) is 6.42 Å². The highest BCUT2D eigenvalue weighted by molar-refractivity contribution is 5.91. The number of nitrogens with one attached hydrogen (secondary N) is 1. The Morgan fingerprint density at radius 2 is 2.14 bits per heavy atom. The zero-order chi connectivity index (χ0) is 15.5. The SMILES string of the molecule is CCOc1cccc2c1CCC2NC(=O)c1cccc(=O)o1. The Bertz CT molecular complexity index is 750. The van der Waals surface area contributed by atoms with Crippen molar-refractivity contribution in [3.05, 3.63) is 63.7 Å². The summed E-state index contributed by atoms with van der Waals surface area (Å²) in [6, 6.07) is 10.1. The molecule has 3 rings (SSSR count). The van der Waals surface area contributed by atoms with Gasteiger partial charge in [0.1, 0.15) is 5.75 Å². The van der Waals surface area contributed by atoms with Crippen LogP contribution in [0.5, 0.6) is 5.75 Å². The summed E-state index contributed by atoms with van der Waals surface area (Å²) < 4.78 is 10.5.